The fourth-order valence-corrected chi connectivity index (χ4v) is 3.98. The quantitative estimate of drug-likeness (QED) is 0.426. The van der Waals surface area contributed by atoms with Crippen LogP contribution in [0.2, 0.25) is 0 Å². The van der Waals surface area contributed by atoms with Crippen LogP contribution in [0.4, 0.5) is 0 Å². The van der Waals surface area contributed by atoms with Crippen molar-refractivity contribution in [1.82, 2.24) is 9.80 Å². The highest BCUT2D eigenvalue weighted by molar-refractivity contribution is 5.31. The van der Waals surface area contributed by atoms with E-state index in [2.05, 4.69) is 37.7 Å². The molecule has 2 aliphatic rings. The lowest BCUT2D eigenvalue weighted by molar-refractivity contribution is 0.0200. The molecule has 0 saturated carbocycles. The average Bonchev–Trinajstić information content (AvgIpc) is 2.78. The Morgan fingerprint density at radius 3 is 1.52 bits per heavy atom. The van der Waals surface area contributed by atoms with Gasteiger partial charge >= 0.3 is 0 Å². The molecule has 5 heteroatoms. The van der Waals surface area contributed by atoms with E-state index in [1.807, 2.05) is 24.3 Å². The molecule has 5 nitrogen and oxygen atoms in total. The number of unbranched alkanes of at least 4 members (excludes halogenated alkanes) is 4. The second kappa shape index (κ2) is 15.5. The number of hydrogen-bond donors (Lipinski definition) is 0. The van der Waals surface area contributed by atoms with E-state index in [1.54, 1.807) is 0 Å². The number of hydrogen-bond acceptors (Lipinski definition) is 5. The van der Waals surface area contributed by atoms with Crippen molar-refractivity contribution in [2.75, 3.05) is 40.4 Å². The molecule has 3 rings (SSSR count). The third-order valence-corrected chi connectivity index (χ3v) is 6.06. The summed E-state index contributed by atoms with van der Waals surface area (Å²) >= 11 is 0. The van der Waals surface area contributed by atoms with Crippen molar-refractivity contribution in [2.24, 2.45) is 0 Å². The molecule has 0 saturated heterocycles. The molecule has 178 valence electrons. The predicted octanol–water partition coefficient (Wildman–Crippen LogP) is 5.93. The number of rotatable bonds is 10. The maximum Gasteiger partial charge on any atom is 0.152 e. The first-order valence-corrected chi connectivity index (χ1v) is 12.6. The molecule has 2 aliphatic heterocycles. The summed E-state index contributed by atoms with van der Waals surface area (Å²) in [5.41, 5.74) is 0. The van der Waals surface area contributed by atoms with E-state index in [0.29, 0.717) is 0 Å². The van der Waals surface area contributed by atoms with Crippen molar-refractivity contribution in [3.8, 4) is 11.5 Å². The lowest BCUT2D eigenvalue weighted by Gasteiger charge is -2.29. The molecule has 31 heavy (non-hydrogen) atoms. The number of fused-ring (bicyclic) bond motifs is 12. The maximum atomic E-state index is 6.38. The Kier molecular flexibility index (Phi) is 13.0. The van der Waals surface area contributed by atoms with Crippen molar-refractivity contribution < 1.29 is 14.2 Å². The van der Waals surface area contributed by atoms with Gasteiger partial charge in [0.2, 0.25) is 0 Å². The van der Waals surface area contributed by atoms with Gasteiger partial charge in [-0.25, -0.2) is 0 Å². The lowest BCUT2D eigenvalue weighted by Crippen LogP contribution is -2.37. The Bertz CT molecular complexity index is 517. The van der Waals surface area contributed by atoms with E-state index < -0.39 is 0 Å². The SMILES string of the molecule is CCCCCN(C)C1CCCOCCCC(N(C)CCCCC)Oc2ccc(cc2)O1. The fraction of sp³-hybridized carbons (Fsp3) is 0.769. The molecule has 0 amide bonds. The molecule has 2 atom stereocenters. The Labute approximate surface area is 191 Å². The Balaban J connectivity index is 2.03. The van der Waals surface area contributed by atoms with Crippen LogP contribution in [-0.2, 0) is 4.74 Å². The molecular weight excluding hydrogens is 388 g/mol. The highest BCUT2D eigenvalue weighted by Crippen LogP contribution is 2.23. The van der Waals surface area contributed by atoms with Gasteiger partial charge in [0.25, 0.3) is 0 Å². The van der Waals surface area contributed by atoms with Crippen LogP contribution < -0.4 is 9.47 Å². The molecular formula is C26H46N2O3. The van der Waals surface area contributed by atoms with Gasteiger partial charge in [-0.05, 0) is 64.0 Å². The van der Waals surface area contributed by atoms with Crippen LogP contribution in [-0.4, -0.2) is 62.7 Å². The molecule has 2 unspecified atom stereocenters. The minimum Gasteiger partial charge on any atom is -0.475 e. The molecule has 0 N–H and O–H groups in total. The lowest BCUT2D eigenvalue weighted by atomic mass is 10.2. The van der Waals surface area contributed by atoms with Crippen molar-refractivity contribution in [2.45, 2.75) is 90.5 Å². The van der Waals surface area contributed by atoms with Gasteiger partial charge < -0.3 is 14.2 Å². The summed E-state index contributed by atoms with van der Waals surface area (Å²) in [4.78, 5) is 4.69. The fourth-order valence-electron chi connectivity index (χ4n) is 3.98. The summed E-state index contributed by atoms with van der Waals surface area (Å²) in [5, 5.41) is 0. The van der Waals surface area contributed by atoms with Gasteiger partial charge in [0.1, 0.15) is 11.5 Å². The van der Waals surface area contributed by atoms with Gasteiger partial charge in [-0.1, -0.05) is 39.5 Å². The zero-order valence-electron chi connectivity index (χ0n) is 20.5. The largest absolute Gasteiger partial charge is 0.475 e. The molecule has 0 aromatic heterocycles. The van der Waals surface area contributed by atoms with Crippen LogP contribution in [0.15, 0.2) is 24.3 Å². The number of ether oxygens (including phenoxy) is 3. The molecule has 0 fully saturated rings. The zero-order valence-corrected chi connectivity index (χ0v) is 20.5. The standard InChI is InChI=1S/C26H46N2O3/c1-5-7-9-19-27(3)25-13-11-21-29-22-12-14-26(28(4)20-10-8-6-2)31-24-17-15-23(30-25)16-18-24/h15-18,25-26H,5-14,19-22H2,1-4H3. The van der Waals surface area contributed by atoms with Crippen molar-refractivity contribution in [1.29, 1.82) is 0 Å². The minimum atomic E-state index is 0.0785. The first-order valence-electron chi connectivity index (χ1n) is 12.6. The summed E-state index contributed by atoms with van der Waals surface area (Å²) in [6.45, 7) is 8.20. The summed E-state index contributed by atoms with van der Waals surface area (Å²) in [6.07, 6.45) is 11.6. The maximum absolute atomic E-state index is 6.38. The molecule has 0 spiro atoms. The van der Waals surface area contributed by atoms with E-state index in [9.17, 15) is 0 Å². The van der Waals surface area contributed by atoms with Gasteiger partial charge in [0, 0.05) is 39.1 Å². The van der Waals surface area contributed by atoms with E-state index in [4.69, 9.17) is 14.2 Å². The van der Waals surface area contributed by atoms with Gasteiger partial charge in [-0.2, -0.15) is 0 Å². The topological polar surface area (TPSA) is 34.2 Å². The Morgan fingerprint density at radius 1 is 0.710 bits per heavy atom. The second-order valence-corrected chi connectivity index (χ2v) is 8.89. The van der Waals surface area contributed by atoms with E-state index in [-0.39, 0.29) is 12.5 Å². The summed E-state index contributed by atoms with van der Waals surface area (Å²) in [6, 6.07) is 8.19. The molecule has 2 heterocycles. The van der Waals surface area contributed by atoms with Crippen LogP contribution >= 0.6 is 0 Å². The first kappa shape index (κ1) is 26.0. The third kappa shape index (κ3) is 10.2. The smallest absolute Gasteiger partial charge is 0.152 e. The Hall–Kier alpha value is -1.30. The molecule has 1 aromatic carbocycles. The highest BCUT2D eigenvalue weighted by Gasteiger charge is 2.19. The van der Waals surface area contributed by atoms with Crippen molar-refractivity contribution in [3.63, 3.8) is 0 Å². The van der Waals surface area contributed by atoms with Crippen molar-refractivity contribution >= 4 is 0 Å². The normalized spacial score (nSPS) is 20.8. The van der Waals surface area contributed by atoms with Gasteiger partial charge in [-0.15, -0.1) is 0 Å². The number of nitrogens with zero attached hydrogens (tertiary/aromatic N) is 2. The van der Waals surface area contributed by atoms with Crippen LogP contribution in [0.5, 0.6) is 11.5 Å². The van der Waals surface area contributed by atoms with Gasteiger partial charge in [0.05, 0.1) is 0 Å². The minimum absolute atomic E-state index is 0.0785. The van der Waals surface area contributed by atoms with Crippen LogP contribution in [0.25, 0.3) is 0 Å². The van der Waals surface area contributed by atoms with Crippen LogP contribution in [0, 0.1) is 0 Å². The van der Waals surface area contributed by atoms with E-state index >= 15 is 0 Å². The van der Waals surface area contributed by atoms with Crippen LogP contribution in [0.3, 0.4) is 0 Å². The van der Waals surface area contributed by atoms with Gasteiger partial charge in [0.15, 0.2) is 12.5 Å². The predicted molar refractivity (Wildman–Crippen MR) is 129 cm³/mol. The Morgan fingerprint density at radius 2 is 1.13 bits per heavy atom. The van der Waals surface area contributed by atoms with E-state index in [0.717, 1.165) is 63.5 Å². The molecule has 0 aliphatic carbocycles. The molecule has 2 bridgehead atoms. The van der Waals surface area contributed by atoms with Gasteiger partial charge in [-0.3, -0.25) is 9.80 Å². The highest BCUT2D eigenvalue weighted by atomic mass is 16.5. The summed E-state index contributed by atoms with van der Waals surface area (Å²) in [5.74, 6) is 1.81. The molecule has 0 radical (unpaired) electrons. The zero-order chi connectivity index (χ0) is 22.3. The van der Waals surface area contributed by atoms with Crippen molar-refractivity contribution in [3.05, 3.63) is 24.3 Å². The summed E-state index contributed by atoms with van der Waals surface area (Å²) in [7, 11) is 4.34. The second-order valence-electron chi connectivity index (χ2n) is 8.89. The average molecular weight is 435 g/mol. The molecule has 1 aromatic rings. The third-order valence-electron chi connectivity index (χ3n) is 6.06. The monoisotopic (exact) mass is 434 g/mol. The van der Waals surface area contributed by atoms with Crippen LogP contribution in [0.1, 0.15) is 78.1 Å². The summed E-state index contributed by atoms with van der Waals surface area (Å²) < 4.78 is 18.7. The first-order chi connectivity index (χ1) is 15.1. The number of benzene rings is 1. The van der Waals surface area contributed by atoms with E-state index in [1.165, 1.54) is 38.5 Å².